The average molecular weight is 241 g/mol. The number of nitrogens with one attached hydrogen (secondary N) is 1. The third-order valence-corrected chi connectivity index (χ3v) is 2.97. The normalized spacial score (nSPS) is 12.1. The molecule has 0 spiro atoms. The van der Waals surface area contributed by atoms with E-state index in [1.807, 2.05) is 13.0 Å². The molecule has 1 aromatic carbocycles. The molecule has 0 aliphatic rings. The van der Waals surface area contributed by atoms with E-state index in [0.29, 0.717) is 6.04 Å². The van der Waals surface area contributed by atoms with Crippen molar-refractivity contribution < 1.29 is 0 Å². The molecular weight excluding hydrogens is 222 g/mol. The average Bonchev–Trinajstić information content (AvgIpc) is 2.40. The maximum Gasteiger partial charge on any atom is 0.147 e. The SMILES string of the molecule is Cc1nccnc1NC(C)CCc1ccccc1. The molecule has 1 atom stereocenters. The molecule has 0 saturated carbocycles. The minimum Gasteiger partial charge on any atom is -0.366 e. The van der Waals surface area contributed by atoms with Gasteiger partial charge in [-0.1, -0.05) is 30.3 Å². The molecule has 1 aromatic heterocycles. The van der Waals surface area contributed by atoms with E-state index in [0.717, 1.165) is 24.4 Å². The van der Waals surface area contributed by atoms with Crippen molar-refractivity contribution in [1.82, 2.24) is 9.97 Å². The zero-order valence-corrected chi connectivity index (χ0v) is 10.9. The van der Waals surface area contributed by atoms with Crippen molar-refractivity contribution in [2.75, 3.05) is 5.32 Å². The quantitative estimate of drug-likeness (QED) is 0.873. The summed E-state index contributed by atoms with van der Waals surface area (Å²) in [5.41, 5.74) is 2.33. The summed E-state index contributed by atoms with van der Waals surface area (Å²) >= 11 is 0. The van der Waals surface area contributed by atoms with Gasteiger partial charge in [-0.25, -0.2) is 4.98 Å². The van der Waals surface area contributed by atoms with E-state index >= 15 is 0 Å². The number of anilines is 1. The molecule has 0 aliphatic heterocycles. The van der Waals surface area contributed by atoms with E-state index in [9.17, 15) is 0 Å². The van der Waals surface area contributed by atoms with Crippen LogP contribution in [0.1, 0.15) is 24.6 Å². The van der Waals surface area contributed by atoms with E-state index < -0.39 is 0 Å². The number of aryl methyl sites for hydroxylation is 2. The number of hydrogen-bond donors (Lipinski definition) is 1. The summed E-state index contributed by atoms with van der Waals surface area (Å²) in [6.45, 7) is 4.15. The summed E-state index contributed by atoms with van der Waals surface area (Å²) in [5.74, 6) is 0.887. The number of nitrogens with zero attached hydrogens (tertiary/aromatic N) is 2. The van der Waals surface area contributed by atoms with Crippen LogP contribution in [0, 0.1) is 6.92 Å². The Hall–Kier alpha value is -1.90. The zero-order valence-electron chi connectivity index (χ0n) is 10.9. The first-order valence-electron chi connectivity index (χ1n) is 6.34. The van der Waals surface area contributed by atoms with Gasteiger partial charge in [-0.15, -0.1) is 0 Å². The lowest BCUT2D eigenvalue weighted by atomic mass is 10.1. The Labute approximate surface area is 108 Å². The summed E-state index contributed by atoms with van der Waals surface area (Å²) in [5, 5.41) is 3.41. The summed E-state index contributed by atoms with van der Waals surface area (Å²) in [6.07, 6.45) is 5.60. The topological polar surface area (TPSA) is 37.8 Å². The Kier molecular flexibility index (Phi) is 4.29. The first-order chi connectivity index (χ1) is 8.75. The maximum absolute atomic E-state index is 4.30. The van der Waals surface area contributed by atoms with Crippen molar-refractivity contribution in [3.05, 3.63) is 54.0 Å². The monoisotopic (exact) mass is 241 g/mol. The van der Waals surface area contributed by atoms with Gasteiger partial charge in [0.15, 0.2) is 0 Å². The molecule has 0 amide bonds. The predicted molar refractivity (Wildman–Crippen MR) is 74.6 cm³/mol. The van der Waals surface area contributed by atoms with Crippen LogP contribution >= 0.6 is 0 Å². The van der Waals surface area contributed by atoms with Gasteiger partial charge < -0.3 is 5.32 Å². The van der Waals surface area contributed by atoms with Crippen LogP contribution < -0.4 is 5.32 Å². The van der Waals surface area contributed by atoms with E-state index in [1.165, 1.54) is 5.56 Å². The second-order valence-corrected chi connectivity index (χ2v) is 4.56. The van der Waals surface area contributed by atoms with Crippen molar-refractivity contribution in [3.8, 4) is 0 Å². The van der Waals surface area contributed by atoms with Gasteiger partial charge in [0.05, 0.1) is 5.69 Å². The second kappa shape index (κ2) is 6.15. The molecule has 0 radical (unpaired) electrons. The van der Waals surface area contributed by atoms with Gasteiger partial charge in [0.2, 0.25) is 0 Å². The largest absolute Gasteiger partial charge is 0.366 e. The minimum atomic E-state index is 0.389. The van der Waals surface area contributed by atoms with Crippen LogP contribution in [0.5, 0.6) is 0 Å². The molecule has 2 aromatic rings. The van der Waals surface area contributed by atoms with Gasteiger partial charge in [0, 0.05) is 18.4 Å². The zero-order chi connectivity index (χ0) is 12.8. The third kappa shape index (κ3) is 3.55. The second-order valence-electron chi connectivity index (χ2n) is 4.56. The van der Waals surface area contributed by atoms with Crippen LogP contribution in [-0.4, -0.2) is 16.0 Å². The highest BCUT2D eigenvalue weighted by Crippen LogP contribution is 2.11. The standard InChI is InChI=1S/C15H19N3/c1-12(8-9-14-6-4-3-5-7-14)18-15-13(2)16-10-11-17-15/h3-7,10-12H,8-9H2,1-2H3,(H,17,18). The Morgan fingerprint density at radius 1 is 1.11 bits per heavy atom. The third-order valence-electron chi connectivity index (χ3n) is 2.97. The van der Waals surface area contributed by atoms with Gasteiger partial charge in [-0.2, -0.15) is 0 Å². The fraction of sp³-hybridized carbons (Fsp3) is 0.333. The first kappa shape index (κ1) is 12.6. The lowest BCUT2D eigenvalue weighted by molar-refractivity contribution is 0.701. The van der Waals surface area contributed by atoms with Crippen LogP contribution in [0.4, 0.5) is 5.82 Å². The van der Waals surface area contributed by atoms with Crippen molar-refractivity contribution in [2.45, 2.75) is 32.7 Å². The lowest BCUT2D eigenvalue weighted by Crippen LogP contribution is -2.17. The maximum atomic E-state index is 4.30. The molecule has 0 bridgehead atoms. The van der Waals surface area contributed by atoms with Crippen LogP contribution in [0.2, 0.25) is 0 Å². The molecular formula is C15H19N3. The van der Waals surface area contributed by atoms with Crippen LogP contribution in [-0.2, 0) is 6.42 Å². The minimum absolute atomic E-state index is 0.389. The highest BCUT2D eigenvalue weighted by Gasteiger charge is 2.05. The molecule has 0 aliphatic carbocycles. The van der Waals surface area contributed by atoms with E-state index in [2.05, 4.69) is 46.5 Å². The molecule has 1 heterocycles. The van der Waals surface area contributed by atoms with E-state index in [1.54, 1.807) is 12.4 Å². The predicted octanol–water partition coefficient (Wildman–Crippen LogP) is 3.22. The van der Waals surface area contributed by atoms with Crippen molar-refractivity contribution in [2.24, 2.45) is 0 Å². The molecule has 3 nitrogen and oxygen atoms in total. The van der Waals surface area contributed by atoms with Gasteiger partial charge in [-0.3, -0.25) is 4.98 Å². The summed E-state index contributed by atoms with van der Waals surface area (Å²) in [7, 11) is 0. The number of benzene rings is 1. The first-order valence-corrected chi connectivity index (χ1v) is 6.34. The lowest BCUT2D eigenvalue weighted by Gasteiger charge is -2.15. The molecule has 2 rings (SSSR count). The van der Waals surface area contributed by atoms with Crippen LogP contribution in [0.15, 0.2) is 42.7 Å². The van der Waals surface area contributed by atoms with Crippen LogP contribution in [0.25, 0.3) is 0 Å². The van der Waals surface area contributed by atoms with E-state index in [-0.39, 0.29) is 0 Å². The van der Waals surface area contributed by atoms with Gasteiger partial charge in [-0.05, 0) is 32.3 Å². The number of rotatable bonds is 5. The number of aromatic nitrogens is 2. The fourth-order valence-electron chi connectivity index (χ4n) is 1.88. The van der Waals surface area contributed by atoms with Gasteiger partial charge in [0.25, 0.3) is 0 Å². The summed E-state index contributed by atoms with van der Waals surface area (Å²) < 4.78 is 0. The highest BCUT2D eigenvalue weighted by atomic mass is 15.0. The van der Waals surface area contributed by atoms with Crippen molar-refractivity contribution in [3.63, 3.8) is 0 Å². The molecule has 18 heavy (non-hydrogen) atoms. The van der Waals surface area contributed by atoms with Crippen molar-refractivity contribution in [1.29, 1.82) is 0 Å². The Bertz CT molecular complexity index is 482. The summed E-state index contributed by atoms with van der Waals surface area (Å²) in [6, 6.07) is 10.9. The highest BCUT2D eigenvalue weighted by molar-refractivity contribution is 5.39. The smallest absolute Gasteiger partial charge is 0.147 e. The fourth-order valence-corrected chi connectivity index (χ4v) is 1.88. The Morgan fingerprint density at radius 3 is 2.56 bits per heavy atom. The molecule has 0 saturated heterocycles. The molecule has 0 fully saturated rings. The van der Waals surface area contributed by atoms with Crippen LogP contribution in [0.3, 0.4) is 0 Å². The van der Waals surface area contributed by atoms with Crippen molar-refractivity contribution >= 4 is 5.82 Å². The Morgan fingerprint density at radius 2 is 1.83 bits per heavy atom. The molecule has 94 valence electrons. The molecule has 1 N–H and O–H groups in total. The Balaban J connectivity index is 1.86. The van der Waals surface area contributed by atoms with Gasteiger partial charge in [0.1, 0.15) is 5.82 Å². The molecule has 3 heteroatoms. The molecule has 1 unspecified atom stereocenters. The summed E-state index contributed by atoms with van der Waals surface area (Å²) in [4.78, 5) is 8.53. The van der Waals surface area contributed by atoms with Gasteiger partial charge >= 0.3 is 0 Å². The van der Waals surface area contributed by atoms with E-state index in [4.69, 9.17) is 0 Å². The number of hydrogen-bond acceptors (Lipinski definition) is 3.